The number of rotatable bonds is 3. The zero-order valence-corrected chi connectivity index (χ0v) is 11.9. The Morgan fingerprint density at radius 3 is 2.35 bits per heavy atom. The van der Waals surface area contributed by atoms with Gasteiger partial charge in [-0.1, -0.05) is 52.7 Å². The summed E-state index contributed by atoms with van der Waals surface area (Å²) < 4.78 is 5.29. The summed E-state index contributed by atoms with van der Waals surface area (Å²) in [5.74, 6) is 0.401. The largest absolute Gasteiger partial charge is 0.404 e. The highest BCUT2D eigenvalue weighted by Gasteiger charge is 2.13. The number of anilines is 1. The number of halogens is 1. The van der Waals surface area contributed by atoms with Gasteiger partial charge in [0.15, 0.2) is 0 Å². The third kappa shape index (κ3) is 2.64. The van der Waals surface area contributed by atoms with E-state index < -0.39 is 0 Å². The maximum Gasteiger partial charge on any atom is 0.313 e. The van der Waals surface area contributed by atoms with E-state index >= 15 is 0 Å². The second kappa shape index (κ2) is 5.56. The molecule has 0 unspecified atom stereocenters. The quantitative estimate of drug-likeness (QED) is 0.788. The molecule has 100 valence electrons. The summed E-state index contributed by atoms with van der Waals surface area (Å²) in [7, 11) is 0. The molecule has 1 aromatic heterocycles. The maximum absolute atomic E-state index is 6.18. The zero-order valence-electron chi connectivity index (χ0n) is 10.3. The van der Waals surface area contributed by atoms with Gasteiger partial charge < -0.3 is 10.2 Å². The molecule has 0 saturated carbocycles. The molecule has 2 N–H and O–H groups in total. The second-order valence-electron chi connectivity index (χ2n) is 3.97. The van der Waals surface area contributed by atoms with Gasteiger partial charge in [-0.2, -0.15) is 0 Å². The summed E-state index contributed by atoms with van der Waals surface area (Å²) in [6, 6.07) is 15.5. The van der Waals surface area contributed by atoms with E-state index in [0.29, 0.717) is 10.9 Å². The first-order chi connectivity index (χ1) is 9.74. The van der Waals surface area contributed by atoms with Crippen molar-refractivity contribution in [1.82, 2.24) is 10.2 Å². The van der Waals surface area contributed by atoms with Crippen LogP contribution in [0.4, 0.5) is 6.01 Å². The Labute approximate surface area is 125 Å². The standard InChI is InChI=1S/C14H10ClN3OS/c15-10-6-2-4-8-12(10)20-11-7-3-1-5-9(11)13-17-18-14(16)19-13/h1-8H,(H2,16,18). The van der Waals surface area contributed by atoms with Crippen molar-refractivity contribution in [2.45, 2.75) is 9.79 Å². The monoisotopic (exact) mass is 303 g/mol. The van der Waals surface area contributed by atoms with Gasteiger partial charge in [0.1, 0.15) is 0 Å². The molecule has 0 aliphatic carbocycles. The van der Waals surface area contributed by atoms with Crippen LogP contribution in [0.15, 0.2) is 62.7 Å². The third-order valence-corrected chi connectivity index (χ3v) is 4.21. The van der Waals surface area contributed by atoms with E-state index in [1.165, 1.54) is 0 Å². The molecule has 6 heteroatoms. The predicted octanol–water partition coefficient (Wildman–Crippen LogP) is 4.12. The predicted molar refractivity (Wildman–Crippen MR) is 79.7 cm³/mol. The number of nitrogens with two attached hydrogens (primary N) is 1. The Morgan fingerprint density at radius 1 is 0.950 bits per heavy atom. The van der Waals surface area contributed by atoms with Crippen LogP contribution in [0.1, 0.15) is 0 Å². The molecule has 2 aromatic carbocycles. The summed E-state index contributed by atoms with van der Waals surface area (Å²) in [5.41, 5.74) is 6.31. The lowest BCUT2D eigenvalue weighted by Crippen LogP contribution is -1.83. The van der Waals surface area contributed by atoms with Gasteiger partial charge in [-0.15, -0.1) is 5.10 Å². The van der Waals surface area contributed by atoms with Gasteiger partial charge in [-0.3, -0.25) is 0 Å². The van der Waals surface area contributed by atoms with Crippen LogP contribution in [0.2, 0.25) is 5.02 Å². The lowest BCUT2D eigenvalue weighted by molar-refractivity contribution is 0.589. The number of nitrogens with zero attached hydrogens (tertiary/aromatic N) is 2. The summed E-state index contributed by atoms with van der Waals surface area (Å²) in [6.07, 6.45) is 0. The van der Waals surface area contributed by atoms with Crippen LogP contribution in [-0.4, -0.2) is 10.2 Å². The van der Waals surface area contributed by atoms with Gasteiger partial charge in [0, 0.05) is 9.79 Å². The van der Waals surface area contributed by atoms with Gasteiger partial charge in [-0.25, -0.2) is 0 Å². The minimum absolute atomic E-state index is 0.0533. The molecule has 0 aliphatic rings. The molecule has 3 rings (SSSR count). The Bertz CT molecular complexity index is 745. The van der Waals surface area contributed by atoms with Crippen LogP contribution in [0.5, 0.6) is 0 Å². The lowest BCUT2D eigenvalue weighted by Gasteiger charge is -2.07. The van der Waals surface area contributed by atoms with Crippen molar-refractivity contribution in [2.75, 3.05) is 5.73 Å². The van der Waals surface area contributed by atoms with E-state index in [4.69, 9.17) is 21.8 Å². The number of aromatic nitrogens is 2. The van der Waals surface area contributed by atoms with Crippen molar-refractivity contribution >= 4 is 29.4 Å². The molecule has 0 atom stereocenters. The maximum atomic E-state index is 6.18. The SMILES string of the molecule is Nc1nnc(-c2ccccc2Sc2ccccc2Cl)o1. The van der Waals surface area contributed by atoms with E-state index in [1.54, 1.807) is 11.8 Å². The molecule has 0 spiro atoms. The van der Waals surface area contributed by atoms with E-state index in [1.807, 2.05) is 48.5 Å². The molecule has 1 heterocycles. The lowest BCUT2D eigenvalue weighted by atomic mass is 10.2. The molecule has 0 aliphatic heterocycles. The van der Waals surface area contributed by atoms with Crippen LogP contribution in [0, 0.1) is 0 Å². The van der Waals surface area contributed by atoms with Crippen molar-refractivity contribution in [1.29, 1.82) is 0 Å². The highest BCUT2D eigenvalue weighted by atomic mass is 35.5. The van der Waals surface area contributed by atoms with Crippen LogP contribution < -0.4 is 5.73 Å². The van der Waals surface area contributed by atoms with Gasteiger partial charge in [0.25, 0.3) is 5.89 Å². The molecular weight excluding hydrogens is 294 g/mol. The van der Waals surface area contributed by atoms with Gasteiger partial charge in [0.05, 0.1) is 10.6 Å². The summed E-state index contributed by atoms with van der Waals surface area (Å²) in [4.78, 5) is 1.94. The molecule has 20 heavy (non-hydrogen) atoms. The number of hydrogen-bond acceptors (Lipinski definition) is 5. The first kappa shape index (κ1) is 13.0. The van der Waals surface area contributed by atoms with Crippen molar-refractivity contribution in [3.63, 3.8) is 0 Å². The van der Waals surface area contributed by atoms with E-state index in [-0.39, 0.29) is 6.01 Å². The first-order valence-electron chi connectivity index (χ1n) is 5.85. The van der Waals surface area contributed by atoms with Crippen LogP contribution in [-0.2, 0) is 0 Å². The third-order valence-electron chi connectivity index (χ3n) is 2.61. The summed E-state index contributed by atoms with van der Waals surface area (Å²) in [6.45, 7) is 0. The summed E-state index contributed by atoms with van der Waals surface area (Å²) >= 11 is 7.73. The molecule has 0 radical (unpaired) electrons. The fourth-order valence-corrected chi connectivity index (χ4v) is 2.93. The fraction of sp³-hybridized carbons (Fsp3) is 0. The molecule has 0 saturated heterocycles. The van der Waals surface area contributed by atoms with Gasteiger partial charge in [0.2, 0.25) is 0 Å². The van der Waals surface area contributed by atoms with Gasteiger partial charge >= 0.3 is 6.01 Å². The summed E-state index contributed by atoms with van der Waals surface area (Å²) in [5, 5.41) is 8.31. The molecular formula is C14H10ClN3OS. The highest BCUT2D eigenvalue weighted by Crippen LogP contribution is 2.38. The van der Waals surface area contributed by atoms with Crippen LogP contribution in [0.25, 0.3) is 11.5 Å². The minimum atomic E-state index is 0.0533. The van der Waals surface area contributed by atoms with Crippen molar-refractivity contribution in [2.24, 2.45) is 0 Å². The molecule has 0 bridgehead atoms. The van der Waals surface area contributed by atoms with Crippen molar-refractivity contribution in [3.05, 3.63) is 53.6 Å². The average Bonchev–Trinajstić information content (AvgIpc) is 2.88. The second-order valence-corrected chi connectivity index (χ2v) is 5.47. The van der Waals surface area contributed by atoms with Crippen molar-refractivity contribution in [3.8, 4) is 11.5 Å². The number of benzene rings is 2. The van der Waals surface area contributed by atoms with Crippen LogP contribution in [0.3, 0.4) is 0 Å². The number of hydrogen-bond donors (Lipinski definition) is 1. The molecule has 0 amide bonds. The van der Waals surface area contributed by atoms with E-state index in [0.717, 1.165) is 15.4 Å². The Kier molecular flexibility index (Phi) is 3.62. The van der Waals surface area contributed by atoms with Crippen LogP contribution >= 0.6 is 23.4 Å². The van der Waals surface area contributed by atoms with E-state index in [2.05, 4.69) is 10.2 Å². The Balaban J connectivity index is 2.01. The van der Waals surface area contributed by atoms with Gasteiger partial charge in [-0.05, 0) is 24.3 Å². The first-order valence-corrected chi connectivity index (χ1v) is 7.04. The Morgan fingerprint density at radius 2 is 1.65 bits per heavy atom. The molecule has 4 nitrogen and oxygen atoms in total. The fourth-order valence-electron chi connectivity index (χ4n) is 1.72. The Hall–Kier alpha value is -1.98. The molecule has 0 fully saturated rings. The highest BCUT2D eigenvalue weighted by molar-refractivity contribution is 7.99. The zero-order chi connectivity index (χ0) is 13.9. The average molecular weight is 304 g/mol. The smallest absolute Gasteiger partial charge is 0.313 e. The van der Waals surface area contributed by atoms with E-state index in [9.17, 15) is 0 Å². The minimum Gasteiger partial charge on any atom is -0.404 e. The molecule has 3 aromatic rings. The topological polar surface area (TPSA) is 64.9 Å². The normalized spacial score (nSPS) is 10.7. The number of nitrogen functional groups attached to an aromatic ring is 1. The van der Waals surface area contributed by atoms with Crippen molar-refractivity contribution < 1.29 is 4.42 Å².